The van der Waals surface area contributed by atoms with Crippen LogP contribution < -0.4 is 20.1 Å². The molecule has 1 aliphatic carbocycles. The van der Waals surface area contributed by atoms with E-state index in [-0.39, 0.29) is 16.4 Å². The Labute approximate surface area is 188 Å². The van der Waals surface area contributed by atoms with Crippen molar-refractivity contribution < 1.29 is 22.7 Å². The van der Waals surface area contributed by atoms with Crippen molar-refractivity contribution in [2.75, 3.05) is 18.4 Å². The van der Waals surface area contributed by atoms with Gasteiger partial charge in [-0.25, -0.2) is 8.42 Å². The molecule has 9 heteroatoms. The highest BCUT2D eigenvalue weighted by molar-refractivity contribution is 7.92. The first-order chi connectivity index (χ1) is 15.3. The van der Waals surface area contributed by atoms with E-state index in [0.717, 1.165) is 19.3 Å². The maximum absolute atomic E-state index is 13.0. The van der Waals surface area contributed by atoms with Gasteiger partial charge >= 0.3 is 0 Å². The first-order valence-corrected chi connectivity index (χ1v) is 12.2. The van der Waals surface area contributed by atoms with Crippen molar-refractivity contribution >= 4 is 27.5 Å². The number of likely N-dealkylation sites (N-methyl/N-ethyl adjacent to an activating group) is 1. The van der Waals surface area contributed by atoms with Crippen LogP contribution in [-0.4, -0.2) is 39.4 Å². The minimum Gasteiger partial charge on any atom is -0.495 e. The Morgan fingerprint density at radius 1 is 1.03 bits per heavy atom. The SMILES string of the molecule is CCNC(=O)C1(NC(=O)c2cccc(S(=O)(=O)Nc3ccccc3OC)c2)CCCCC1. The van der Waals surface area contributed by atoms with Gasteiger partial charge in [0.25, 0.3) is 15.9 Å². The first-order valence-electron chi connectivity index (χ1n) is 10.7. The maximum atomic E-state index is 13.0. The van der Waals surface area contributed by atoms with Crippen molar-refractivity contribution in [3.8, 4) is 5.75 Å². The lowest BCUT2D eigenvalue weighted by Crippen LogP contribution is -2.59. The van der Waals surface area contributed by atoms with Crippen LogP contribution in [-0.2, 0) is 14.8 Å². The Hall–Kier alpha value is -3.07. The summed E-state index contributed by atoms with van der Waals surface area (Å²) in [6.45, 7) is 2.30. The van der Waals surface area contributed by atoms with Gasteiger partial charge in [0.1, 0.15) is 11.3 Å². The van der Waals surface area contributed by atoms with Crippen molar-refractivity contribution in [1.29, 1.82) is 0 Å². The van der Waals surface area contributed by atoms with Crippen LogP contribution in [0.2, 0.25) is 0 Å². The number of hydrogen-bond donors (Lipinski definition) is 3. The van der Waals surface area contributed by atoms with E-state index in [0.29, 0.717) is 30.8 Å². The molecule has 0 radical (unpaired) electrons. The molecule has 8 nitrogen and oxygen atoms in total. The Bertz CT molecular complexity index is 1080. The molecule has 1 aliphatic rings. The second kappa shape index (κ2) is 10.0. The van der Waals surface area contributed by atoms with Crippen LogP contribution >= 0.6 is 0 Å². The molecule has 0 bridgehead atoms. The van der Waals surface area contributed by atoms with E-state index < -0.39 is 21.5 Å². The molecule has 1 saturated carbocycles. The molecule has 1 fully saturated rings. The molecule has 2 aromatic rings. The van der Waals surface area contributed by atoms with Gasteiger partial charge in [-0.2, -0.15) is 0 Å². The number of hydrogen-bond acceptors (Lipinski definition) is 5. The summed E-state index contributed by atoms with van der Waals surface area (Å²) in [4.78, 5) is 25.7. The summed E-state index contributed by atoms with van der Waals surface area (Å²) in [5.41, 5.74) is -0.514. The molecule has 0 aromatic heterocycles. The number of amides is 2. The Kier molecular flexibility index (Phi) is 7.40. The molecule has 3 rings (SSSR count). The number of carbonyl (C=O) groups is 2. The maximum Gasteiger partial charge on any atom is 0.262 e. The van der Waals surface area contributed by atoms with Crippen molar-refractivity contribution in [3.63, 3.8) is 0 Å². The van der Waals surface area contributed by atoms with Gasteiger partial charge in [-0.1, -0.05) is 37.5 Å². The summed E-state index contributed by atoms with van der Waals surface area (Å²) in [5, 5.41) is 5.71. The lowest BCUT2D eigenvalue weighted by Gasteiger charge is -2.36. The van der Waals surface area contributed by atoms with Gasteiger partial charge in [-0.15, -0.1) is 0 Å². The van der Waals surface area contributed by atoms with E-state index in [9.17, 15) is 18.0 Å². The monoisotopic (exact) mass is 459 g/mol. The largest absolute Gasteiger partial charge is 0.495 e. The summed E-state index contributed by atoms with van der Waals surface area (Å²) >= 11 is 0. The zero-order valence-electron chi connectivity index (χ0n) is 18.3. The highest BCUT2D eigenvalue weighted by atomic mass is 32.2. The highest BCUT2D eigenvalue weighted by Gasteiger charge is 2.40. The molecule has 2 aromatic carbocycles. The summed E-state index contributed by atoms with van der Waals surface area (Å²) in [6, 6.07) is 12.4. The fraction of sp³-hybridized carbons (Fsp3) is 0.391. The number of anilines is 1. The van der Waals surface area contributed by atoms with E-state index in [4.69, 9.17) is 4.74 Å². The van der Waals surface area contributed by atoms with Crippen LogP contribution in [0.5, 0.6) is 5.75 Å². The zero-order valence-corrected chi connectivity index (χ0v) is 19.1. The molecular formula is C23H29N3O5S. The van der Waals surface area contributed by atoms with Crippen molar-refractivity contribution in [1.82, 2.24) is 10.6 Å². The fourth-order valence-electron chi connectivity index (χ4n) is 3.92. The van der Waals surface area contributed by atoms with Gasteiger partial charge in [0.05, 0.1) is 17.7 Å². The molecule has 172 valence electrons. The van der Waals surface area contributed by atoms with Gasteiger partial charge < -0.3 is 15.4 Å². The third-order valence-electron chi connectivity index (χ3n) is 5.59. The topological polar surface area (TPSA) is 114 Å². The molecule has 3 N–H and O–H groups in total. The standard InChI is InChI=1S/C23H29N3O5S/c1-3-24-22(28)23(14-7-4-8-15-23)25-21(27)17-10-9-11-18(16-17)32(29,30)26-19-12-5-6-13-20(19)31-2/h5-6,9-13,16,26H,3-4,7-8,14-15H2,1-2H3,(H,24,28)(H,25,27). The zero-order chi connectivity index (χ0) is 23.2. The number of sulfonamides is 1. The molecule has 0 spiro atoms. The molecule has 2 amide bonds. The lowest BCUT2D eigenvalue weighted by atomic mass is 9.80. The van der Waals surface area contributed by atoms with Gasteiger partial charge in [-0.05, 0) is 50.1 Å². The van der Waals surface area contributed by atoms with Gasteiger partial charge in [-0.3, -0.25) is 14.3 Å². The van der Waals surface area contributed by atoms with E-state index >= 15 is 0 Å². The van der Waals surface area contributed by atoms with Crippen molar-refractivity contribution in [2.45, 2.75) is 49.5 Å². The fourth-order valence-corrected chi connectivity index (χ4v) is 5.04. The van der Waals surface area contributed by atoms with E-state index in [1.165, 1.54) is 31.4 Å². The summed E-state index contributed by atoms with van der Waals surface area (Å²) in [5.74, 6) is -0.298. The third-order valence-corrected chi connectivity index (χ3v) is 6.95. The quantitative estimate of drug-likeness (QED) is 0.561. The number of ether oxygens (including phenoxy) is 1. The number of benzene rings is 2. The van der Waals surface area contributed by atoms with Gasteiger partial charge in [0, 0.05) is 12.1 Å². The minimum atomic E-state index is -3.96. The summed E-state index contributed by atoms with van der Waals surface area (Å²) in [6.07, 6.45) is 3.80. The molecule has 0 aliphatic heterocycles. The van der Waals surface area contributed by atoms with Gasteiger partial charge in [0.15, 0.2) is 0 Å². The average Bonchev–Trinajstić information content (AvgIpc) is 2.80. The van der Waals surface area contributed by atoms with Crippen molar-refractivity contribution in [2.24, 2.45) is 0 Å². The Balaban J connectivity index is 1.84. The molecule has 0 atom stereocenters. The first kappa shape index (κ1) is 23.6. The van der Waals surface area contributed by atoms with Crippen LogP contribution in [0.3, 0.4) is 0 Å². The third kappa shape index (κ3) is 5.21. The number of carbonyl (C=O) groups excluding carboxylic acids is 2. The second-order valence-corrected chi connectivity index (χ2v) is 9.47. The van der Waals surface area contributed by atoms with Crippen molar-refractivity contribution in [3.05, 3.63) is 54.1 Å². The normalized spacial score (nSPS) is 15.4. The Morgan fingerprint density at radius 3 is 2.44 bits per heavy atom. The van der Waals surface area contributed by atoms with Crippen LogP contribution in [0.1, 0.15) is 49.4 Å². The Morgan fingerprint density at radius 2 is 1.75 bits per heavy atom. The molecule has 0 saturated heterocycles. The summed E-state index contributed by atoms with van der Waals surface area (Å²) in [7, 11) is -2.51. The molecule has 0 unspecified atom stereocenters. The van der Waals surface area contributed by atoms with E-state index in [1.54, 1.807) is 24.3 Å². The van der Waals surface area contributed by atoms with Crippen LogP contribution in [0.15, 0.2) is 53.4 Å². The number of rotatable bonds is 8. The predicted octanol–water partition coefficient (Wildman–Crippen LogP) is 3.06. The summed E-state index contributed by atoms with van der Waals surface area (Å²) < 4.78 is 33.6. The van der Waals surface area contributed by atoms with Crippen LogP contribution in [0.4, 0.5) is 5.69 Å². The predicted molar refractivity (Wildman–Crippen MR) is 122 cm³/mol. The molecular weight excluding hydrogens is 430 g/mol. The molecule has 32 heavy (non-hydrogen) atoms. The van der Waals surface area contributed by atoms with Gasteiger partial charge in [0.2, 0.25) is 5.91 Å². The highest BCUT2D eigenvalue weighted by Crippen LogP contribution is 2.30. The number of para-hydroxylation sites is 2. The van der Waals surface area contributed by atoms with E-state index in [2.05, 4.69) is 15.4 Å². The number of nitrogens with one attached hydrogen (secondary N) is 3. The van der Waals surface area contributed by atoms with Crippen LogP contribution in [0.25, 0.3) is 0 Å². The smallest absolute Gasteiger partial charge is 0.262 e. The molecule has 0 heterocycles. The van der Waals surface area contributed by atoms with E-state index in [1.807, 2.05) is 6.92 Å². The minimum absolute atomic E-state index is 0.0632. The lowest BCUT2D eigenvalue weighted by molar-refractivity contribution is -0.128. The van der Waals surface area contributed by atoms with Crippen LogP contribution in [0, 0.1) is 0 Å². The second-order valence-electron chi connectivity index (χ2n) is 7.79. The average molecular weight is 460 g/mol. The number of methoxy groups -OCH3 is 1.